The molecule has 1 aliphatic heterocycles. The number of hydrogen-bond donors (Lipinski definition) is 2. The number of carbonyl (C=O) groups excluding carboxylic acids is 3. The molecule has 2 atom stereocenters. The summed E-state index contributed by atoms with van der Waals surface area (Å²) in [5.74, 6) is 0.993. The Hall–Kier alpha value is -3.20. The van der Waals surface area contributed by atoms with Crippen molar-refractivity contribution in [3.8, 4) is 0 Å². The number of anilines is 2. The van der Waals surface area contributed by atoms with Crippen molar-refractivity contribution in [2.24, 2.45) is 0 Å². The van der Waals surface area contributed by atoms with Gasteiger partial charge in [0.25, 0.3) is 0 Å². The first-order valence-electron chi connectivity index (χ1n) is 12.8. The van der Waals surface area contributed by atoms with Gasteiger partial charge in [-0.25, -0.2) is 9.59 Å². The maximum Gasteiger partial charge on any atom is 0.411 e. The van der Waals surface area contributed by atoms with Crippen LogP contribution in [0.5, 0.6) is 0 Å². The molecule has 3 rings (SSSR count). The molecule has 1 aliphatic rings. The van der Waals surface area contributed by atoms with E-state index in [1.807, 2.05) is 53.4 Å². The Morgan fingerprint density at radius 3 is 2.11 bits per heavy atom. The smallest absolute Gasteiger partial charge is 0.411 e. The molecule has 0 radical (unpaired) electrons. The molecule has 1 saturated heterocycles. The van der Waals surface area contributed by atoms with Gasteiger partial charge in [0.1, 0.15) is 6.61 Å². The molecule has 2 N–H and O–H groups in total. The van der Waals surface area contributed by atoms with Gasteiger partial charge in [-0.15, -0.1) is 0 Å². The molecule has 0 aromatic heterocycles. The summed E-state index contributed by atoms with van der Waals surface area (Å²) < 4.78 is 9.93. The fourth-order valence-corrected chi connectivity index (χ4v) is 5.31. The zero-order valence-corrected chi connectivity index (χ0v) is 22.6. The first-order valence-corrected chi connectivity index (χ1v) is 13.8. The van der Waals surface area contributed by atoms with Crippen molar-refractivity contribution in [1.82, 2.24) is 4.90 Å². The van der Waals surface area contributed by atoms with Gasteiger partial charge in [0, 0.05) is 41.4 Å². The van der Waals surface area contributed by atoms with Gasteiger partial charge < -0.3 is 14.4 Å². The van der Waals surface area contributed by atoms with Gasteiger partial charge in [-0.05, 0) is 61.1 Å². The van der Waals surface area contributed by atoms with Crippen molar-refractivity contribution in [3.63, 3.8) is 0 Å². The van der Waals surface area contributed by atoms with Crippen LogP contribution in [-0.4, -0.2) is 60.3 Å². The lowest BCUT2D eigenvalue weighted by atomic mass is 10.0. The summed E-state index contributed by atoms with van der Waals surface area (Å²) in [6.45, 7) is 5.52. The number of ether oxygens (including phenoxy) is 2. The predicted molar refractivity (Wildman–Crippen MR) is 148 cm³/mol. The highest BCUT2D eigenvalue weighted by atomic mass is 32.2. The number of nitrogens with zero attached hydrogens (tertiary/aromatic N) is 1. The molecular formula is C28H37N3O5S. The Morgan fingerprint density at radius 1 is 1.00 bits per heavy atom. The number of benzene rings is 2. The van der Waals surface area contributed by atoms with Crippen LogP contribution >= 0.6 is 11.8 Å². The van der Waals surface area contributed by atoms with E-state index in [-0.39, 0.29) is 5.91 Å². The Morgan fingerprint density at radius 2 is 1.59 bits per heavy atom. The number of hydrogen-bond acceptors (Lipinski definition) is 6. The van der Waals surface area contributed by atoms with E-state index >= 15 is 0 Å². The zero-order chi connectivity index (χ0) is 26.6. The topological polar surface area (TPSA) is 97.0 Å². The summed E-state index contributed by atoms with van der Waals surface area (Å²) >= 11 is 1.77. The van der Waals surface area contributed by atoms with Gasteiger partial charge in [-0.1, -0.05) is 38.1 Å². The first-order chi connectivity index (χ1) is 17.9. The number of carbonyl (C=O) groups is 3. The zero-order valence-electron chi connectivity index (χ0n) is 21.8. The summed E-state index contributed by atoms with van der Waals surface area (Å²) in [7, 11) is 1.33. The molecule has 0 saturated carbocycles. The lowest BCUT2D eigenvalue weighted by molar-refractivity contribution is -0.129. The second-order valence-corrected chi connectivity index (χ2v) is 10.7. The number of likely N-dealkylation sites (tertiary alicyclic amines) is 1. The monoisotopic (exact) mass is 527 g/mol. The number of thioether (sulfide) groups is 1. The minimum Gasteiger partial charge on any atom is -0.453 e. The van der Waals surface area contributed by atoms with Crippen LogP contribution in [-0.2, 0) is 20.7 Å². The molecule has 37 heavy (non-hydrogen) atoms. The summed E-state index contributed by atoms with van der Waals surface area (Å²) in [6.07, 6.45) is 3.32. The average molecular weight is 528 g/mol. The van der Waals surface area contributed by atoms with E-state index in [4.69, 9.17) is 4.74 Å². The Balaban J connectivity index is 1.34. The highest BCUT2D eigenvalue weighted by molar-refractivity contribution is 7.99. The van der Waals surface area contributed by atoms with Gasteiger partial charge in [0.15, 0.2) is 0 Å². The van der Waals surface area contributed by atoms with Crippen molar-refractivity contribution in [3.05, 3.63) is 59.7 Å². The summed E-state index contributed by atoms with van der Waals surface area (Å²) in [6, 6.07) is 15.5. The molecule has 0 bridgehead atoms. The van der Waals surface area contributed by atoms with E-state index < -0.39 is 12.2 Å². The van der Waals surface area contributed by atoms with Gasteiger partial charge in [0.2, 0.25) is 5.91 Å². The second-order valence-electron chi connectivity index (χ2n) is 9.12. The van der Waals surface area contributed by atoms with Crippen molar-refractivity contribution in [1.29, 1.82) is 0 Å². The third kappa shape index (κ3) is 9.31. The van der Waals surface area contributed by atoms with Crippen LogP contribution in [0.3, 0.4) is 0 Å². The SMILES string of the molecule is CCC(CC(C)SCCOC(=O)Nc1ccc(Cc2ccc(NC(=O)OC)cc2)cc1)N1CCCC1=O. The summed E-state index contributed by atoms with van der Waals surface area (Å²) in [5, 5.41) is 5.78. The number of nitrogens with one attached hydrogen (secondary N) is 2. The van der Waals surface area contributed by atoms with Crippen molar-refractivity contribution in [2.75, 3.05) is 36.6 Å². The van der Waals surface area contributed by atoms with Gasteiger partial charge in [-0.2, -0.15) is 11.8 Å². The van der Waals surface area contributed by atoms with Crippen molar-refractivity contribution in [2.45, 2.75) is 57.2 Å². The molecule has 1 heterocycles. The lowest BCUT2D eigenvalue weighted by Crippen LogP contribution is -2.37. The molecule has 2 aromatic carbocycles. The molecule has 200 valence electrons. The molecule has 0 spiro atoms. The predicted octanol–water partition coefficient (Wildman–Crippen LogP) is 5.92. The Kier molecular flexibility index (Phi) is 11.1. The van der Waals surface area contributed by atoms with E-state index in [2.05, 4.69) is 29.2 Å². The molecule has 2 aromatic rings. The van der Waals surface area contributed by atoms with Gasteiger partial charge in [-0.3, -0.25) is 15.4 Å². The normalized spacial score (nSPS) is 14.7. The highest BCUT2D eigenvalue weighted by Gasteiger charge is 2.27. The Bertz CT molecular complexity index is 1030. The van der Waals surface area contributed by atoms with Gasteiger partial charge in [0.05, 0.1) is 7.11 Å². The fraction of sp³-hybridized carbons (Fsp3) is 0.464. The minimum absolute atomic E-state index is 0.278. The summed E-state index contributed by atoms with van der Waals surface area (Å²) in [4.78, 5) is 37.5. The summed E-state index contributed by atoms with van der Waals surface area (Å²) in [5.41, 5.74) is 3.54. The van der Waals surface area contributed by atoms with E-state index in [0.29, 0.717) is 41.4 Å². The minimum atomic E-state index is -0.501. The van der Waals surface area contributed by atoms with E-state index in [0.717, 1.165) is 43.4 Å². The second kappa shape index (κ2) is 14.5. The molecule has 1 fully saturated rings. The van der Waals surface area contributed by atoms with E-state index in [1.54, 1.807) is 11.8 Å². The van der Waals surface area contributed by atoms with E-state index in [1.165, 1.54) is 7.11 Å². The fourth-order valence-electron chi connectivity index (χ4n) is 4.37. The number of amides is 3. The van der Waals surface area contributed by atoms with Crippen LogP contribution in [0, 0.1) is 0 Å². The molecule has 3 amide bonds. The average Bonchev–Trinajstić information content (AvgIpc) is 3.33. The van der Waals surface area contributed by atoms with Crippen molar-refractivity contribution >= 4 is 41.2 Å². The third-order valence-electron chi connectivity index (χ3n) is 6.34. The molecule has 9 heteroatoms. The number of methoxy groups -OCH3 is 1. The maximum atomic E-state index is 12.2. The molecule has 2 unspecified atom stereocenters. The Labute approximate surface area is 223 Å². The van der Waals surface area contributed by atoms with Crippen molar-refractivity contribution < 1.29 is 23.9 Å². The molecule has 0 aliphatic carbocycles. The van der Waals surface area contributed by atoms with Crippen LogP contribution in [0.1, 0.15) is 50.7 Å². The quantitative estimate of drug-likeness (QED) is 0.333. The van der Waals surface area contributed by atoms with Crippen LogP contribution in [0.2, 0.25) is 0 Å². The van der Waals surface area contributed by atoms with Crippen LogP contribution in [0.25, 0.3) is 0 Å². The largest absolute Gasteiger partial charge is 0.453 e. The highest BCUT2D eigenvalue weighted by Crippen LogP contribution is 2.24. The van der Waals surface area contributed by atoms with Crippen LogP contribution in [0.15, 0.2) is 48.5 Å². The maximum absolute atomic E-state index is 12.2. The third-order valence-corrected chi connectivity index (χ3v) is 7.50. The van der Waals surface area contributed by atoms with Crippen LogP contribution < -0.4 is 10.6 Å². The lowest BCUT2D eigenvalue weighted by Gasteiger charge is -2.29. The number of rotatable bonds is 12. The van der Waals surface area contributed by atoms with E-state index in [9.17, 15) is 14.4 Å². The first kappa shape index (κ1) is 28.4. The van der Waals surface area contributed by atoms with Gasteiger partial charge >= 0.3 is 12.2 Å². The molecule has 8 nitrogen and oxygen atoms in total. The molecular weight excluding hydrogens is 490 g/mol. The van der Waals surface area contributed by atoms with Crippen LogP contribution in [0.4, 0.5) is 21.0 Å². The standard InChI is InChI=1S/C28H37N3O5S/c1-4-25(31-15-5-6-26(31)32)18-20(2)37-17-16-36-28(34)30-24-13-9-22(10-14-24)19-21-7-11-23(12-8-21)29-27(33)35-3/h7-14,20,25H,4-6,15-19H2,1-3H3,(H,29,33)(H,30,34).